The summed E-state index contributed by atoms with van der Waals surface area (Å²) in [5.41, 5.74) is -0.0166. The average molecular weight is 423 g/mol. The Labute approximate surface area is 164 Å². The second-order valence-electron chi connectivity index (χ2n) is 6.09. The highest BCUT2D eigenvalue weighted by Crippen LogP contribution is 2.29. The smallest absolute Gasteiger partial charge is 0.298 e. The molecule has 3 aromatic rings. The number of nitrogens with one attached hydrogen (secondary N) is 1. The summed E-state index contributed by atoms with van der Waals surface area (Å²) < 4.78 is 65.7. The first-order valence-electron chi connectivity index (χ1n) is 8.46. The van der Waals surface area contributed by atoms with Crippen molar-refractivity contribution < 1.29 is 21.6 Å². The van der Waals surface area contributed by atoms with E-state index >= 15 is 0 Å². The van der Waals surface area contributed by atoms with Gasteiger partial charge in [0, 0.05) is 24.7 Å². The fourth-order valence-electron chi connectivity index (χ4n) is 2.57. The van der Waals surface area contributed by atoms with Gasteiger partial charge in [0.25, 0.3) is 5.56 Å². The highest BCUT2D eigenvalue weighted by Gasteiger charge is 2.30. The minimum Gasteiger partial charge on any atom is -0.298 e. The average Bonchev–Trinajstić information content (AvgIpc) is 2.69. The first-order valence-corrected chi connectivity index (χ1v) is 9.94. The van der Waals surface area contributed by atoms with Gasteiger partial charge in [-0.05, 0) is 24.3 Å². The summed E-state index contributed by atoms with van der Waals surface area (Å²) in [6.07, 6.45) is -3.23. The fraction of sp³-hybridized carbons (Fsp3) is 0.158. The van der Waals surface area contributed by atoms with E-state index in [1.54, 1.807) is 0 Å². The number of nitrogens with zero attached hydrogens (tertiary/aromatic N) is 2. The van der Waals surface area contributed by atoms with Crippen LogP contribution in [0.25, 0.3) is 11.3 Å². The van der Waals surface area contributed by atoms with Crippen molar-refractivity contribution in [2.45, 2.75) is 17.6 Å². The van der Waals surface area contributed by atoms with Gasteiger partial charge in [-0.25, -0.2) is 18.1 Å². The Hall–Kier alpha value is -2.98. The van der Waals surface area contributed by atoms with E-state index in [4.69, 9.17) is 0 Å². The van der Waals surface area contributed by atoms with E-state index in [9.17, 15) is 26.4 Å². The van der Waals surface area contributed by atoms with Crippen molar-refractivity contribution in [2.24, 2.45) is 0 Å². The van der Waals surface area contributed by atoms with E-state index in [2.05, 4.69) is 9.71 Å². The van der Waals surface area contributed by atoms with E-state index in [0.717, 1.165) is 17.7 Å². The van der Waals surface area contributed by atoms with Crippen LogP contribution in [0.3, 0.4) is 0 Å². The Morgan fingerprint density at radius 3 is 2.24 bits per heavy atom. The normalized spacial score (nSPS) is 12.1. The van der Waals surface area contributed by atoms with Crippen molar-refractivity contribution in [1.82, 2.24) is 14.3 Å². The van der Waals surface area contributed by atoms with Gasteiger partial charge in [0.1, 0.15) is 0 Å². The molecule has 1 aromatic heterocycles. The molecule has 1 N–H and O–H groups in total. The Morgan fingerprint density at radius 2 is 1.66 bits per heavy atom. The van der Waals surface area contributed by atoms with Gasteiger partial charge in [-0.2, -0.15) is 13.2 Å². The maximum Gasteiger partial charge on any atom is 0.416 e. The molecule has 2 aromatic carbocycles. The fourth-order valence-corrected chi connectivity index (χ4v) is 3.59. The second-order valence-corrected chi connectivity index (χ2v) is 7.86. The second kappa shape index (κ2) is 8.18. The molecular formula is C19H16F3N3O3S. The van der Waals surface area contributed by atoms with Crippen LogP contribution in [-0.2, 0) is 22.7 Å². The lowest BCUT2D eigenvalue weighted by atomic mass is 10.1. The van der Waals surface area contributed by atoms with Crippen LogP contribution in [0.4, 0.5) is 13.2 Å². The molecule has 0 fully saturated rings. The topological polar surface area (TPSA) is 81.1 Å². The van der Waals surface area contributed by atoms with Crippen LogP contribution in [0.1, 0.15) is 5.56 Å². The number of alkyl halides is 3. The molecule has 0 amide bonds. The van der Waals surface area contributed by atoms with Gasteiger partial charge in [0.15, 0.2) is 0 Å². The molecule has 0 unspecified atom stereocenters. The van der Waals surface area contributed by atoms with Crippen LogP contribution in [0.5, 0.6) is 0 Å². The zero-order valence-electron chi connectivity index (χ0n) is 14.9. The molecular weight excluding hydrogens is 407 g/mol. The lowest BCUT2D eigenvalue weighted by molar-refractivity contribution is -0.137. The van der Waals surface area contributed by atoms with Crippen LogP contribution < -0.4 is 10.3 Å². The minimum absolute atomic E-state index is 0.0147. The molecule has 0 aliphatic heterocycles. The third kappa shape index (κ3) is 5.09. The molecule has 29 heavy (non-hydrogen) atoms. The lowest BCUT2D eigenvalue weighted by Crippen LogP contribution is -2.31. The largest absolute Gasteiger partial charge is 0.416 e. The zero-order valence-corrected chi connectivity index (χ0v) is 15.7. The predicted molar refractivity (Wildman–Crippen MR) is 101 cm³/mol. The first-order chi connectivity index (χ1) is 13.7. The van der Waals surface area contributed by atoms with Crippen molar-refractivity contribution in [3.05, 3.63) is 82.9 Å². The van der Waals surface area contributed by atoms with Crippen molar-refractivity contribution in [2.75, 3.05) is 6.54 Å². The van der Waals surface area contributed by atoms with Crippen molar-refractivity contribution in [3.8, 4) is 11.3 Å². The summed E-state index contributed by atoms with van der Waals surface area (Å²) in [6.45, 7) is -0.115. The molecule has 1 heterocycles. The van der Waals surface area contributed by atoms with Crippen molar-refractivity contribution >= 4 is 10.0 Å². The van der Waals surface area contributed by atoms with Gasteiger partial charge in [-0.3, -0.25) is 9.36 Å². The SMILES string of the molecule is O=c1cc(-c2ccccc2)ncn1CCNS(=O)(=O)c1ccc(C(F)(F)F)cc1. The third-order valence-corrected chi connectivity index (χ3v) is 5.56. The van der Waals surface area contributed by atoms with Crippen LogP contribution in [0.15, 0.2) is 76.7 Å². The maximum absolute atomic E-state index is 12.6. The van der Waals surface area contributed by atoms with E-state index in [1.165, 1.54) is 17.0 Å². The third-order valence-electron chi connectivity index (χ3n) is 4.09. The Kier molecular flexibility index (Phi) is 5.85. The lowest BCUT2D eigenvalue weighted by Gasteiger charge is -2.10. The highest BCUT2D eigenvalue weighted by atomic mass is 32.2. The number of rotatable bonds is 6. The van der Waals surface area contributed by atoms with Gasteiger partial charge in [-0.15, -0.1) is 0 Å². The van der Waals surface area contributed by atoms with Crippen LogP contribution in [0.2, 0.25) is 0 Å². The van der Waals surface area contributed by atoms with E-state index in [0.29, 0.717) is 17.8 Å². The molecule has 0 aliphatic rings. The molecule has 0 bridgehead atoms. The van der Waals surface area contributed by atoms with Crippen LogP contribution >= 0.6 is 0 Å². The molecule has 0 saturated heterocycles. The zero-order chi connectivity index (χ0) is 21.1. The Balaban J connectivity index is 1.65. The Morgan fingerprint density at radius 1 is 1.00 bits per heavy atom. The van der Waals surface area contributed by atoms with Crippen LogP contribution in [0, 0.1) is 0 Å². The summed E-state index contributed by atoms with van der Waals surface area (Å²) >= 11 is 0. The molecule has 6 nitrogen and oxygen atoms in total. The molecule has 0 radical (unpaired) electrons. The quantitative estimate of drug-likeness (QED) is 0.661. The van der Waals surface area contributed by atoms with E-state index in [-0.39, 0.29) is 23.5 Å². The van der Waals surface area contributed by atoms with Gasteiger partial charge in [0.05, 0.1) is 22.5 Å². The number of hydrogen-bond acceptors (Lipinski definition) is 4. The monoisotopic (exact) mass is 423 g/mol. The number of hydrogen-bond donors (Lipinski definition) is 1. The Bertz CT molecular complexity index is 1140. The molecule has 0 atom stereocenters. The van der Waals surface area contributed by atoms with Gasteiger partial charge >= 0.3 is 6.18 Å². The van der Waals surface area contributed by atoms with E-state index < -0.39 is 21.8 Å². The van der Waals surface area contributed by atoms with E-state index in [1.807, 2.05) is 30.3 Å². The molecule has 152 valence electrons. The minimum atomic E-state index is -4.55. The number of aromatic nitrogens is 2. The maximum atomic E-state index is 12.6. The molecule has 3 rings (SSSR count). The standard InChI is InChI=1S/C19H16F3N3O3S/c20-19(21,22)15-6-8-16(9-7-15)29(27,28)24-10-11-25-13-23-17(12-18(25)26)14-4-2-1-3-5-14/h1-9,12-13,24H,10-11H2. The molecule has 10 heteroatoms. The molecule has 0 aliphatic carbocycles. The summed E-state index contributed by atoms with van der Waals surface area (Å²) in [4.78, 5) is 16.1. The number of halogens is 3. The number of sulfonamides is 1. The summed E-state index contributed by atoms with van der Waals surface area (Å²) in [5, 5.41) is 0. The summed E-state index contributed by atoms with van der Waals surface area (Å²) in [7, 11) is -4.01. The van der Waals surface area contributed by atoms with Crippen LogP contribution in [-0.4, -0.2) is 24.5 Å². The predicted octanol–water partition coefficient (Wildman–Crippen LogP) is 2.91. The first kappa shape index (κ1) is 20.7. The highest BCUT2D eigenvalue weighted by molar-refractivity contribution is 7.89. The van der Waals surface area contributed by atoms with Gasteiger partial charge < -0.3 is 0 Å². The van der Waals surface area contributed by atoms with Gasteiger partial charge in [0.2, 0.25) is 10.0 Å². The summed E-state index contributed by atoms with van der Waals surface area (Å²) in [6, 6.07) is 13.6. The van der Waals surface area contributed by atoms with Crippen molar-refractivity contribution in [1.29, 1.82) is 0 Å². The number of benzene rings is 2. The molecule has 0 saturated carbocycles. The summed E-state index contributed by atoms with van der Waals surface area (Å²) in [5.74, 6) is 0. The van der Waals surface area contributed by atoms with Gasteiger partial charge in [-0.1, -0.05) is 30.3 Å². The molecule has 0 spiro atoms. The van der Waals surface area contributed by atoms with Crippen molar-refractivity contribution in [3.63, 3.8) is 0 Å².